The fourth-order valence-corrected chi connectivity index (χ4v) is 3.54. The molecular weight excluding hydrogens is 200 g/mol. The average Bonchev–Trinajstić information content (AvgIpc) is 2.38. The van der Waals surface area contributed by atoms with Crippen LogP contribution in [0.15, 0.2) is 0 Å². The van der Waals surface area contributed by atoms with E-state index in [1.165, 1.54) is 19.3 Å². The van der Waals surface area contributed by atoms with E-state index in [-0.39, 0.29) is 17.5 Å². The van der Waals surface area contributed by atoms with Crippen molar-refractivity contribution in [2.24, 2.45) is 23.7 Å². The van der Waals surface area contributed by atoms with Crippen LogP contribution in [-0.2, 0) is 9.53 Å². The van der Waals surface area contributed by atoms with Crippen LogP contribution in [0.1, 0.15) is 53.4 Å². The third kappa shape index (κ3) is 2.58. The molecular formula is C14H24O2. The number of hydrogen-bond acceptors (Lipinski definition) is 2. The van der Waals surface area contributed by atoms with Crippen molar-refractivity contribution in [2.45, 2.75) is 59.0 Å². The minimum absolute atomic E-state index is 0.0501. The van der Waals surface area contributed by atoms with Crippen molar-refractivity contribution in [3.05, 3.63) is 0 Å². The molecule has 2 nitrogen and oxygen atoms in total. The van der Waals surface area contributed by atoms with E-state index < -0.39 is 0 Å². The Morgan fingerprint density at radius 2 is 1.81 bits per heavy atom. The first kappa shape index (κ1) is 11.9. The lowest BCUT2D eigenvalue weighted by Crippen LogP contribution is -2.30. The Labute approximate surface area is 98.7 Å². The number of esters is 1. The molecule has 4 unspecified atom stereocenters. The first-order valence-corrected chi connectivity index (χ1v) is 6.58. The summed E-state index contributed by atoms with van der Waals surface area (Å²) in [6.45, 7) is 8.18. The zero-order valence-corrected chi connectivity index (χ0v) is 11.0. The monoisotopic (exact) mass is 224 g/mol. The van der Waals surface area contributed by atoms with Gasteiger partial charge in [-0.05, 0) is 64.2 Å². The molecule has 0 aromatic heterocycles. The Morgan fingerprint density at radius 3 is 2.44 bits per heavy atom. The number of fused-ring (bicyclic) bond motifs is 2. The molecule has 0 aliphatic heterocycles. The second kappa shape index (κ2) is 4.05. The minimum atomic E-state index is -0.334. The minimum Gasteiger partial charge on any atom is -0.460 e. The van der Waals surface area contributed by atoms with Crippen molar-refractivity contribution in [1.82, 2.24) is 0 Å². The highest BCUT2D eigenvalue weighted by molar-refractivity contribution is 5.73. The fourth-order valence-electron chi connectivity index (χ4n) is 3.54. The van der Waals surface area contributed by atoms with Gasteiger partial charge in [0.2, 0.25) is 0 Å². The van der Waals surface area contributed by atoms with Crippen LogP contribution in [-0.4, -0.2) is 11.6 Å². The predicted molar refractivity (Wildman–Crippen MR) is 63.9 cm³/mol. The van der Waals surface area contributed by atoms with E-state index in [0.717, 1.165) is 18.3 Å². The van der Waals surface area contributed by atoms with E-state index in [2.05, 4.69) is 6.92 Å². The second-order valence-corrected chi connectivity index (χ2v) is 6.81. The predicted octanol–water partition coefficient (Wildman–Crippen LogP) is 3.40. The van der Waals surface area contributed by atoms with E-state index in [4.69, 9.17) is 4.74 Å². The molecule has 0 aromatic rings. The van der Waals surface area contributed by atoms with Crippen LogP contribution in [0.4, 0.5) is 0 Å². The molecule has 0 aromatic carbocycles. The van der Waals surface area contributed by atoms with Gasteiger partial charge in [-0.2, -0.15) is 0 Å². The zero-order valence-electron chi connectivity index (χ0n) is 11.0. The summed E-state index contributed by atoms with van der Waals surface area (Å²) in [5.41, 5.74) is -0.334. The highest BCUT2D eigenvalue weighted by Gasteiger charge is 2.44. The number of carbonyl (C=O) groups excluding carboxylic acids is 1. The maximum atomic E-state index is 12.1. The molecule has 2 heteroatoms. The smallest absolute Gasteiger partial charge is 0.309 e. The lowest BCUT2D eigenvalue weighted by Gasteiger charge is -2.27. The van der Waals surface area contributed by atoms with Crippen molar-refractivity contribution >= 4 is 5.97 Å². The van der Waals surface area contributed by atoms with Crippen LogP contribution in [0.5, 0.6) is 0 Å². The van der Waals surface area contributed by atoms with Gasteiger partial charge in [0.05, 0.1) is 5.92 Å². The molecule has 0 amide bonds. The van der Waals surface area contributed by atoms with Gasteiger partial charge >= 0.3 is 5.97 Å². The summed E-state index contributed by atoms with van der Waals surface area (Å²) < 4.78 is 5.53. The Kier molecular flexibility index (Phi) is 3.02. The van der Waals surface area contributed by atoms with Gasteiger partial charge < -0.3 is 4.74 Å². The van der Waals surface area contributed by atoms with E-state index in [9.17, 15) is 4.79 Å². The number of carbonyl (C=O) groups is 1. The van der Waals surface area contributed by atoms with Gasteiger partial charge in [-0.1, -0.05) is 6.92 Å². The van der Waals surface area contributed by atoms with Crippen LogP contribution in [0.2, 0.25) is 0 Å². The zero-order chi connectivity index (χ0) is 11.9. The maximum Gasteiger partial charge on any atom is 0.309 e. The van der Waals surface area contributed by atoms with Crippen molar-refractivity contribution in [3.63, 3.8) is 0 Å². The molecule has 2 saturated carbocycles. The van der Waals surface area contributed by atoms with Crippen molar-refractivity contribution in [1.29, 1.82) is 0 Å². The molecule has 0 saturated heterocycles. The molecule has 0 N–H and O–H groups in total. The van der Waals surface area contributed by atoms with Gasteiger partial charge in [0.25, 0.3) is 0 Å². The van der Waals surface area contributed by atoms with Gasteiger partial charge in [0.15, 0.2) is 0 Å². The largest absolute Gasteiger partial charge is 0.460 e. The van der Waals surface area contributed by atoms with Gasteiger partial charge in [-0.3, -0.25) is 4.79 Å². The molecule has 0 radical (unpaired) electrons. The molecule has 2 bridgehead atoms. The maximum absolute atomic E-state index is 12.1. The summed E-state index contributed by atoms with van der Waals surface area (Å²) in [5.74, 6) is 2.43. The van der Waals surface area contributed by atoms with Gasteiger partial charge in [-0.15, -0.1) is 0 Å². The van der Waals surface area contributed by atoms with Crippen LogP contribution >= 0.6 is 0 Å². The molecule has 2 rings (SSSR count). The Bertz CT molecular complexity index is 277. The molecule has 0 heterocycles. The first-order chi connectivity index (χ1) is 7.35. The fraction of sp³-hybridized carbons (Fsp3) is 0.929. The summed E-state index contributed by atoms with van der Waals surface area (Å²) in [7, 11) is 0. The molecule has 4 atom stereocenters. The van der Waals surface area contributed by atoms with Crippen molar-refractivity contribution in [2.75, 3.05) is 0 Å². The molecule has 2 aliphatic carbocycles. The lowest BCUT2D eigenvalue weighted by molar-refractivity contribution is -0.161. The third-order valence-corrected chi connectivity index (χ3v) is 3.94. The highest BCUT2D eigenvalue weighted by Crippen LogP contribution is 2.48. The van der Waals surface area contributed by atoms with Crippen molar-refractivity contribution < 1.29 is 9.53 Å². The Hall–Kier alpha value is -0.530. The summed E-state index contributed by atoms with van der Waals surface area (Å²) in [5, 5.41) is 0. The third-order valence-electron chi connectivity index (χ3n) is 3.94. The normalized spacial score (nSPS) is 38.5. The Morgan fingerprint density at radius 1 is 1.12 bits per heavy atom. The second-order valence-electron chi connectivity index (χ2n) is 6.81. The lowest BCUT2D eigenvalue weighted by atomic mass is 9.81. The molecule has 92 valence electrons. The summed E-state index contributed by atoms with van der Waals surface area (Å²) in [6, 6.07) is 0. The van der Waals surface area contributed by atoms with Crippen LogP contribution in [0, 0.1) is 23.7 Å². The van der Waals surface area contributed by atoms with Crippen LogP contribution in [0.3, 0.4) is 0 Å². The average molecular weight is 224 g/mol. The summed E-state index contributed by atoms with van der Waals surface area (Å²) in [4.78, 5) is 12.1. The summed E-state index contributed by atoms with van der Waals surface area (Å²) >= 11 is 0. The van der Waals surface area contributed by atoms with Crippen LogP contribution < -0.4 is 0 Å². The van der Waals surface area contributed by atoms with E-state index in [0.29, 0.717) is 5.92 Å². The molecule has 2 aliphatic rings. The molecule has 2 fully saturated rings. The SMILES string of the molecule is CC1CC2CC(C1)C(C(=O)OC(C)(C)C)C2. The quantitative estimate of drug-likeness (QED) is 0.638. The van der Waals surface area contributed by atoms with E-state index >= 15 is 0 Å². The first-order valence-electron chi connectivity index (χ1n) is 6.58. The molecule has 16 heavy (non-hydrogen) atoms. The number of hydrogen-bond donors (Lipinski definition) is 0. The van der Waals surface area contributed by atoms with E-state index in [1.807, 2.05) is 20.8 Å². The number of rotatable bonds is 1. The summed E-state index contributed by atoms with van der Waals surface area (Å²) in [6.07, 6.45) is 4.87. The van der Waals surface area contributed by atoms with Gasteiger partial charge in [0, 0.05) is 0 Å². The standard InChI is InChI=1S/C14H24O2/c1-9-5-10-7-11(6-9)12(8-10)13(15)16-14(2,3)4/h9-12H,5-8H2,1-4H3. The van der Waals surface area contributed by atoms with Crippen molar-refractivity contribution in [3.8, 4) is 0 Å². The Balaban J connectivity index is 1.98. The van der Waals surface area contributed by atoms with Gasteiger partial charge in [0.1, 0.15) is 5.60 Å². The highest BCUT2D eigenvalue weighted by atomic mass is 16.6. The topological polar surface area (TPSA) is 26.3 Å². The van der Waals surface area contributed by atoms with Gasteiger partial charge in [-0.25, -0.2) is 0 Å². The molecule has 0 spiro atoms. The van der Waals surface area contributed by atoms with Crippen LogP contribution in [0.25, 0.3) is 0 Å². The van der Waals surface area contributed by atoms with E-state index in [1.54, 1.807) is 0 Å². The number of ether oxygens (including phenoxy) is 1.